The topological polar surface area (TPSA) is 59.3 Å². The first-order valence-electron chi connectivity index (χ1n) is 6.27. The molecule has 1 aromatic heterocycles. The largest absolute Gasteiger partial charge is 0.469 e. The fourth-order valence-electron chi connectivity index (χ4n) is 1.92. The molecule has 6 heteroatoms. The maximum absolute atomic E-state index is 13.0. The van der Waals surface area contributed by atoms with Crippen molar-refractivity contribution in [2.24, 2.45) is 0 Å². The maximum Gasteiger partial charge on any atom is 0.240 e. The summed E-state index contributed by atoms with van der Waals surface area (Å²) in [6, 6.07) is 7.27. The van der Waals surface area contributed by atoms with Gasteiger partial charge >= 0.3 is 0 Å². The van der Waals surface area contributed by atoms with E-state index in [9.17, 15) is 12.8 Å². The third-order valence-electron chi connectivity index (χ3n) is 2.90. The molecule has 0 bridgehead atoms. The van der Waals surface area contributed by atoms with Gasteiger partial charge in [-0.25, -0.2) is 17.5 Å². The number of benzene rings is 1. The molecule has 0 unspecified atom stereocenters. The van der Waals surface area contributed by atoms with Crippen LogP contribution < -0.4 is 4.72 Å². The fourth-order valence-corrected chi connectivity index (χ4v) is 3.21. The molecule has 20 heavy (non-hydrogen) atoms. The molecule has 1 heterocycles. The molecule has 1 aromatic carbocycles. The van der Waals surface area contributed by atoms with E-state index in [2.05, 4.69) is 4.72 Å². The Kier molecular flexibility index (Phi) is 4.57. The molecule has 0 atom stereocenters. The van der Waals surface area contributed by atoms with Crippen LogP contribution in [0.15, 0.2) is 45.9 Å². The van der Waals surface area contributed by atoms with E-state index in [0.717, 1.165) is 11.8 Å². The monoisotopic (exact) mass is 297 g/mol. The molecule has 2 aromatic rings. The molecule has 0 saturated heterocycles. The first-order valence-corrected chi connectivity index (χ1v) is 7.75. The van der Waals surface area contributed by atoms with Crippen molar-refractivity contribution in [3.05, 3.63) is 53.7 Å². The van der Waals surface area contributed by atoms with Crippen molar-refractivity contribution in [1.82, 2.24) is 4.72 Å². The summed E-state index contributed by atoms with van der Waals surface area (Å²) in [6.07, 6.45) is 2.88. The molecule has 0 spiro atoms. The van der Waals surface area contributed by atoms with Crippen LogP contribution in [0.2, 0.25) is 0 Å². The number of aryl methyl sites for hydroxylation is 2. The Labute approximate surface area is 117 Å². The van der Waals surface area contributed by atoms with Crippen LogP contribution in [0.5, 0.6) is 0 Å². The van der Waals surface area contributed by atoms with Crippen LogP contribution in [0.25, 0.3) is 0 Å². The third-order valence-corrected chi connectivity index (χ3v) is 4.52. The lowest BCUT2D eigenvalue weighted by molar-refractivity contribution is 0.500. The number of hydrogen-bond donors (Lipinski definition) is 1. The molecule has 1 N–H and O–H groups in total. The van der Waals surface area contributed by atoms with Gasteiger partial charge in [0.25, 0.3) is 0 Å². The first kappa shape index (κ1) is 14.7. The standard InChI is InChI=1S/C14H16FNO3S/c1-11-10-12(15)6-7-14(11)20(17,18)16-8-2-4-13-5-3-9-19-13/h3,5-7,9-10,16H,2,4,8H2,1H3. The van der Waals surface area contributed by atoms with E-state index in [1.165, 1.54) is 12.1 Å². The van der Waals surface area contributed by atoms with E-state index in [-0.39, 0.29) is 4.90 Å². The van der Waals surface area contributed by atoms with E-state index >= 15 is 0 Å². The van der Waals surface area contributed by atoms with Crippen molar-refractivity contribution >= 4 is 10.0 Å². The van der Waals surface area contributed by atoms with Gasteiger partial charge in [0, 0.05) is 13.0 Å². The summed E-state index contributed by atoms with van der Waals surface area (Å²) in [6.45, 7) is 1.88. The van der Waals surface area contributed by atoms with Crippen LogP contribution in [-0.4, -0.2) is 15.0 Å². The van der Waals surface area contributed by atoms with Crippen molar-refractivity contribution in [2.75, 3.05) is 6.54 Å². The van der Waals surface area contributed by atoms with Gasteiger partial charge < -0.3 is 4.42 Å². The van der Waals surface area contributed by atoms with Crippen molar-refractivity contribution < 1.29 is 17.2 Å². The summed E-state index contributed by atoms with van der Waals surface area (Å²) in [4.78, 5) is 0.108. The second-order valence-corrected chi connectivity index (χ2v) is 6.23. The molecular formula is C14H16FNO3S. The second-order valence-electron chi connectivity index (χ2n) is 4.49. The summed E-state index contributed by atoms with van der Waals surface area (Å²) in [7, 11) is -3.60. The number of hydrogen-bond acceptors (Lipinski definition) is 3. The highest BCUT2D eigenvalue weighted by Crippen LogP contribution is 2.15. The van der Waals surface area contributed by atoms with Crippen molar-refractivity contribution in [3.63, 3.8) is 0 Å². The van der Waals surface area contributed by atoms with Gasteiger partial charge in [0.1, 0.15) is 11.6 Å². The smallest absolute Gasteiger partial charge is 0.240 e. The lowest BCUT2D eigenvalue weighted by Crippen LogP contribution is -2.25. The Morgan fingerprint density at radius 1 is 1.30 bits per heavy atom. The van der Waals surface area contributed by atoms with E-state index in [4.69, 9.17) is 4.42 Å². The molecule has 0 amide bonds. The molecular weight excluding hydrogens is 281 g/mol. The number of furan rings is 1. The third kappa shape index (κ3) is 3.68. The molecule has 2 rings (SSSR count). The van der Waals surface area contributed by atoms with Gasteiger partial charge in [-0.15, -0.1) is 0 Å². The molecule has 0 aliphatic rings. The average Bonchev–Trinajstić information content (AvgIpc) is 2.87. The van der Waals surface area contributed by atoms with Gasteiger partial charge in [0.15, 0.2) is 0 Å². The van der Waals surface area contributed by atoms with E-state index < -0.39 is 15.8 Å². The van der Waals surface area contributed by atoms with Crippen LogP contribution in [-0.2, 0) is 16.4 Å². The zero-order chi connectivity index (χ0) is 14.6. The Morgan fingerprint density at radius 3 is 2.75 bits per heavy atom. The SMILES string of the molecule is Cc1cc(F)ccc1S(=O)(=O)NCCCc1ccco1. The number of nitrogens with one attached hydrogen (secondary N) is 1. The summed E-state index contributed by atoms with van der Waals surface area (Å²) in [5.74, 6) is 0.376. The summed E-state index contributed by atoms with van der Waals surface area (Å²) in [5.41, 5.74) is 0.392. The minimum atomic E-state index is -3.60. The fraction of sp³-hybridized carbons (Fsp3) is 0.286. The molecule has 0 aliphatic carbocycles. The zero-order valence-corrected chi connectivity index (χ0v) is 11.9. The highest BCUT2D eigenvalue weighted by molar-refractivity contribution is 7.89. The second kappa shape index (κ2) is 6.19. The first-order chi connectivity index (χ1) is 9.49. The van der Waals surface area contributed by atoms with Gasteiger partial charge in [-0.05, 0) is 49.2 Å². The molecule has 0 saturated carbocycles. The maximum atomic E-state index is 13.0. The minimum Gasteiger partial charge on any atom is -0.469 e. The summed E-state index contributed by atoms with van der Waals surface area (Å²) >= 11 is 0. The predicted octanol–water partition coefficient (Wildman–Crippen LogP) is 2.64. The Hall–Kier alpha value is -1.66. The lowest BCUT2D eigenvalue weighted by Gasteiger charge is -2.09. The highest BCUT2D eigenvalue weighted by atomic mass is 32.2. The van der Waals surface area contributed by atoms with E-state index in [1.807, 2.05) is 6.07 Å². The van der Waals surface area contributed by atoms with Gasteiger partial charge in [0.05, 0.1) is 11.2 Å². The minimum absolute atomic E-state index is 0.108. The highest BCUT2D eigenvalue weighted by Gasteiger charge is 2.16. The Morgan fingerprint density at radius 2 is 2.10 bits per heavy atom. The lowest BCUT2D eigenvalue weighted by atomic mass is 10.2. The van der Waals surface area contributed by atoms with Crippen LogP contribution in [0.3, 0.4) is 0 Å². The summed E-state index contributed by atoms with van der Waals surface area (Å²) in [5, 5.41) is 0. The molecule has 4 nitrogen and oxygen atoms in total. The van der Waals surface area contributed by atoms with Gasteiger partial charge in [-0.3, -0.25) is 0 Å². The number of sulfonamides is 1. The predicted molar refractivity (Wildman–Crippen MR) is 73.4 cm³/mol. The molecule has 108 valence electrons. The van der Waals surface area contributed by atoms with Crippen LogP contribution in [0.4, 0.5) is 4.39 Å². The average molecular weight is 297 g/mol. The van der Waals surface area contributed by atoms with Crippen LogP contribution in [0.1, 0.15) is 17.7 Å². The molecule has 0 aliphatic heterocycles. The molecule has 0 fully saturated rings. The van der Waals surface area contributed by atoms with Crippen molar-refractivity contribution in [1.29, 1.82) is 0 Å². The quantitative estimate of drug-likeness (QED) is 0.834. The van der Waals surface area contributed by atoms with Crippen molar-refractivity contribution in [3.8, 4) is 0 Å². The molecule has 0 radical (unpaired) electrons. The van der Waals surface area contributed by atoms with E-state index in [1.54, 1.807) is 19.3 Å². The Balaban J connectivity index is 1.93. The van der Waals surface area contributed by atoms with Gasteiger partial charge in [0.2, 0.25) is 10.0 Å². The van der Waals surface area contributed by atoms with Gasteiger partial charge in [-0.1, -0.05) is 0 Å². The van der Waals surface area contributed by atoms with Crippen LogP contribution in [0, 0.1) is 12.7 Å². The normalized spacial score (nSPS) is 11.7. The van der Waals surface area contributed by atoms with Crippen molar-refractivity contribution in [2.45, 2.75) is 24.7 Å². The van der Waals surface area contributed by atoms with Crippen LogP contribution >= 0.6 is 0 Å². The number of rotatable bonds is 6. The Bertz CT molecular complexity index is 666. The zero-order valence-electron chi connectivity index (χ0n) is 11.1. The van der Waals surface area contributed by atoms with E-state index in [0.29, 0.717) is 24.9 Å². The number of halogens is 1. The summed E-state index contributed by atoms with van der Waals surface area (Å²) < 4.78 is 44.8. The van der Waals surface area contributed by atoms with Gasteiger partial charge in [-0.2, -0.15) is 0 Å².